The molecule has 1 aliphatic rings. The van der Waals surface area contributed by atoms with E-state index >= 15 is 0 Å². The van der Waals surface area contributed by atoms with E-state index in [1.54, 1.807) is 6.07 Å². The van der Waals surface area contributed by atoms with E-state index < -0.39 is 0 Å². The molecule has 0 bridgehead atoms. The maximum atomic E-state index is 12.5. The van der Waals surface area contributed by atoms with Crippen molar-refractivity contribution in [2.45, 2.75) is 25.8 Å². The molecule has 0 aliphatic carbocycles. The van der Waals surface area contributed by atoms with Gasteiger partial charge in [0.25, 0.3) is 5.91 Å². The minimum atomic E-state index is -0.213. The first kappa shape index (κ1) is 19.0. The zero-order chi connectivity index (χ0) is 19.1. The van der Waals surface area contributed by atoms with E-state index in [0.29, 0.717) is 5.56 Å². The highest BCUT2D eigenvalue weighted by molar-refractivity contribution is 5.97. The normalized spacial score (nSPS) is 13.9. The minimum Gasteiger partial charge on any atom is -0.370 e. The number of rotatable bonds is 6. The molecule has 0 radical (unpaired) electrons. The Bertz CT molecular complexity index is 770. The second kappa shape index (κ2) is 9.21. The van der Waals surface area contributed by atoms with Crippen molar-refractivity contribution in [2.24, 2.45) is 0 Å². The number of benzene rings is 2. The van der Waals surface area contributed by atoms with E-state index in [0.717, 1.165) is 38.2 Å². The molecule has 0 spiro atoms. The second-order valence-electron chi connectivity index (χ2n) is 7.02. The van der Waals surface area contributed by atoms with Gasteiger partial charge in [-0.1, -0.05) is 36.4 Å². The Kier molecular flexibility index (Phi) is 6.47. The Labute approximate surface area is 161 Å². The van der Waals surface area contributed by atoms with Crippen LogP contribution in [0.15, 0.2) is 54.6 Å². The lowest BCUT2D eigenvalue weighted by Crippen LogP contribution is -2.42. The summed E-state index contributed by atoms with van der Waals surface area (Å²) in [6.45, 7) is 2.42. The van der Waals surface area contributed by atoms with Gasteiger partial charge in [0.05, 0.1) is 6.54 Å². The maximum absolute atomic E-state index is 12.5. The number of likely N-dealkylation sites (tertiary alicyclic amines) is 1. The summed E-state index contributed by atoms with van der Waals surface area (Å²) in [5.74, 6) is -0.212. The first-order chi connectivity index (χ1) is 13.1. The fraction of sp³-hybridized carbons (Fsp3) is 0.364. The second-order valence-corrected chi connectivity index (χ2v) is 7.02. The van der Waals surface area contributed by atoms with Gasteiger partial charge in [0.2, 0.25) is 5.91 Å². The molecule has 0 atom stereocenters. The largest absolute Gasteiger partial charge is 0.370 e. The van der Waals surface area contributed by atoms with Crippen LogP contribution in [0.25, 0.3) is 0 Å². The van der Waals surface area contributed by atoms with Crippen LogP contribution in [-0.2, 0) is 11.3 Å². The van der Waals surface area contributed by atoms with Crippen LogP contribution in [0.5, 0.6) is 0 Å². The van der Waals surface area contributed by atoms with Crippen molar-refractivity contribution in [3.8, 4) is 0 Å². The van der Waals surface area contributed by atoms with Crippen molar-refractivity contribution in [3.63, 3.8) is 0 Å². The molecule has 2 aromatic carbocycles. The van der Waals surface area contributed by atoms with E-state index in [-0.39, 0.29) is 18.4 Å². The molecule has 1 fully saturated rings. The van der Waals surface area contributed by atoms with Crippen molar-refractivity contribution < 1.29 is 9.59 Å². The number of carbonyl (C=O) groups is 2. The summed E-state index contributed by atoms with van der Waals surface area (Å²) in [7, 11) is 2.00. The Morgan fingerprint density at radius 2 is 1.74 bits per heavy atom. The van der Waals surface area contributed by atoms with Gasteiger partial charge in [-0.15, -0.1) is 0 Å². The molecule has 142 valence electrons. The van der Waals surface area contributed by atoms with Crippen LogP contribution in [0.1, 0.15) is 35.2 Å². The molecule has 2 amide bonds. The van der Waals surface area contributed by atoms with E-state index in [4.69, 9.17) is 0 Å². The number of amides is 2. The van der Waals surface area contributed by atoms with E-state index in [1.807, 2.05) is 48.3 Å². The molecule has 5 heteroatoms. The summed E-state index contributed by atoms with van der Waals surface area (Å²) in [6, 6.07) is 17.7. The summed E-state index contributed by atoms with van der Waals surface area (Å²) in [5, 5.41) is 2.76. The number of piperidine rings is 1. The lowest BCUT2D eigenvalue weighted by molar-refractivity contribution is -0.130. The van der Waals surface area contributed by atoms with E-state index in [1.165, 1.54) is 12.0 Å². The number of nitrogens with zero attached hydrogens (tertiary/aromatic N) is 2. The SMILES string of the molecule is CN(Cc1ccccc1)c1cccc(C(=O)NCC(=O)N2CCCCC2)c1. The predicted molar refractivity (Wildman–Crippen MR) is 108 cm³/mol. The molecule has 0 unspecified atom stereocenters. The summed E-state index contributed by atoms with van der Waals surface area (Å²) >= 11 is 0. The lowest BCUT2D eigenvalue weighted by Gasteiger charge is -2.26. The number of hydrogen-bond donors (Lipinski definition) is 1. The molecule has 3 rings (SSSR count). The molecule has 0 saturated carbocycles. The van der Waals surface area contributed by atoms with Crippen molar-refractivity contribution in [3.05, 3.63) is 65.7 Å². The molecule has 2 aromatic rings. The third kappa shape index (κ3) is 5.33. The van der Waals surface area contributed by atoms with Gasteiger partial charge < -0.3 is 15.1 Å². The summed E-state index contributed by atoms with van der Waals surface area (Å²) in [4.78, 5) is 28.6. The topological polar surface area (TPSA) is 52.7 Å². The Balaban J connectivity index is 1.57. The number of anilines is 1. The van der Waals surface area contributed by atoms with Crippen LogP contribution in [0.4, 0.5) is 5.69 Å². The number of nitrogens with one attached hydrogen (secondary N) is 1. The van der Waals surface area contributed by atoms with Crippen LogP contribution < -0.4 is 10.2 Å². The van der Waals surface area contributed by atoms with Crippen LogP contribution in [-0.4, -0.2) is 43.4 Å². The van der Waals surface area contributed by atoms with Gasteiger partial charge in [-0.3, -0.25) is 9.59 Å². The Morgan fingerprint density at radius 3 is 2.48 bits per heavy atom. The monoisotopic (exact) mass is 365 g/mol. The molecule has 5 nitrogen and oxygen atoms in total. The van der Waals surface area contributed by atoms with Crippen molar-refractivity contribution >= 4 is 17.5 Å². The fourth-order valence-electron chi connectivity index (χ4n) is 3.35. The predicted octanol–water partition coefficient (Wildman–Crippen LogP) is 3.07. The summed E-state index contributed by atoms with van der Waals surface area (Å²) in [5.41, 5.74) is 2.75. The van der Waals surface area contributed by atoms with E-state index in [2.05, 4.69) is 22.3 Å². The molecule has 1 saturated heterocycles. The highest BCUT2D eigenvalue weighted by atomic mass is 16.2. The third-order valence-electron chi connectivity index (χ3n) is 4.92. The standard InChI is InChI=1S/C22H27N3O2/c1-24(17-18-9-4-2-5-10-18)20-12-8-11-19(15-20)22(27)23-16-21(26)25-13-6-3-7-14-25/h2,4-5,8-12,15H,3,6-7,13-14,16-17H2,1H3,(H,23,27). The molecule has 1 N–H and O–H groups in total. The van der Waals surface area contributed by atoms with Crippen LogP contribution >= 0.6 is 0 Å². The smallest absolute Gasteiger partial charge is 0.251 e. The van der Waals surface area contributed by atoms with Gasteiger partial charge in [-0.25, -0.2) is 0 Å². The Hall–Kier alpha value is -2.82. The first-order valence-electron chi connectivity index (χ1n) is 9.54. The number of carbonyl (C=O) groups excluding carboxylic acids is 2. The van der Waals surface area contributed by atoms with Crippen molar-refractivity contribution in [1.82, 2.24) is 10.2 Å². The van der Waals surface area contributed by atoms with E-state index in [9.17, 15) is 9.59 Å². The molecule has 1 heterocycles. The zero-order valence-electron chi connectivity index (χ0n) is 15.9. The van der Waals surface area contributed by atoms with Gasteiger partial charge in [-0.05, 0) is 43.0 Å². The van der Waals surface area contributed by atoms with Crippen LogP contribution in [0.2, 0.25) is 0 Å². The Morgan fingerprint density at radius 1 is 1.00 bits per heavy atom. The molecule has 0 aromatic heterocycles. The van der Waals surface area contributed by atoms with Crippen molar-refractivity contribution in [1.29, 1.82) is 0 Å². The zero-order valence-corrected chi connectivity index (χ0v) is 15.9. The summed E-state index contributed by atoms with van der Waals surface area (Å²) in [6.07, 6.45) is 3.28. The van der Waals surface area contributed by atoms with Crippen LogP contribution in [0.3, 0.4) is 0 Å². The highest BCUT2D eigenvalue weighted by Crippen LogP contribution is 2.17. The van der Waals surface area contributed by atoms with Crippen molar-refractivity contribution in [2.75, 3.05) is 31.6 Å². The van der Waals surface area contributed by atoms with Gasteiger partial charge >= 0.3 is 0 Å². The van der Waals surface area contributed by atoms with Gasteiger partial charge in [0.1, 0.15) is 0 Å². The van der Waals surface area contributed by atoms with Gasteiger partial charge in [0.15, 0.2) is 0 Å². The van der Waals surface area contributed by atoms with Gasteiger partial charge in [0, 0.05) is 37.9 Å². The molecule has 27 heavy (non-hydrogen) atoms. The average Bonchev–Trinajstić information content (AvgIpc) is 2.73. The quantitative estimate of drug-likeness (QED) is 0.856. The lowest BCUT2D eigenvalue weighted by atomic mass is 10.1. The summed E-state index contributed by atoms with van der Waals surface area (Å²) < 4.78 is 0. The number of hydrogen-bond acceptors (Lipinski definition) is 3. The molecular weight excluding hydrogens is 338 g/mol. The van der Waals surface area contributed by atoms with Gasteiger partial charge in [-0.2, -0.15) is 0 Å². The third-order valence-corrected chi connectivity index (χ3v) is 4.92. The molecule has 1 aliphatic heterocycles. The average molecular weight is 365 g/mol. The highest BCUT2D eigenvalue weighted by Gasteiger charge is 2.17. The fourth-order valence-corrected chi connectivity index (χ4v) is 3.35. The maximum Gasteiger partial charge on any atom is 0.251 e. The van der Waals surface area contributed by atoms with Crippen LogP contribution in [0, 0.1) is 0 Å². The minimum absolute atomic E-state index is 0.000371. The molecular formula is C22H27N3O2. The first-order valence-corrected chi connectivity index (χ1v) is 9.54.